The van der Waals surface area contributed by atoms with Gasteiger partial charge in [0, 0.05) is 56.0 Å². The number of methoxy groups -OCH3 is 2. The van der Waals surface area contributed by atoms with Gasteiger partial charge in [-0.1, -0.05) is 6.07 Å². The van der Waals surface area contributed by atoms with Crippen LogP contribution in [0.4, 0.5) is 0 Å². The molecule has 11 nitrogen and oxygen atoms in total. The molecule has 3 amide bonds. The predicted molar refractivity (Wildman–Crippen MR) is 169 cm³/mol. The topological polar surface area (TPSA) is 128 Å². The standard InChI is InChI=1S/C35H40N4O7/c1-43-30-11-7-22-8-12-33(40)37-18-24-9-10-26(17-31(24)44-2)46-29-13-14-39(20-28(29)38-34(41)21-45-32(30)15-22)35(42)25-16-23-5-3-4-6-27(23)36-19-25/h7,9-11,15-17,19,28-29H,3-6,8,12-14,18,20-21H2,1-2H3,(H,37,40)(H,38,41)/t28-,29+/m1/s1. The van der Waals surface area contributed by atoms with E-state index < -0.39 is 12.1 Å². The number of carbonyl (C=O) groups is 3. The second kappa shape index (κ2) is 14.1. The number of benzene rings is 2. The Kier molecular flexibility index (Phi) is 9.56. The average molecular weight is 629 g/mol. The molecule has 0 saturated carbocycles. The number of carbonyl (C=O) groups excluding carboxylic acids is 3. The molecule has 1 fully saturated rings. The van der Waals surface area contributed by atoms with Crippen LogP contribution in [-0.4, -0.2) is 73.7 Å². The van der Waals surface area contributed by atoms with E-state index in [1.165, 1.54) is 7.11 Å². The number of hydrogen-bond acceptors (Lipinski definition) is 8. The molecule has 2 atom stereocenters. The predicted octanol–water partition coefficient (Wildman–Crippen LogP) is 3.40. The second-order valence-corrected chi connectivity index (χ2v) is 11.9. The molecule has 1 saturated heterocycles. The number of nitrogens with zero attached hydrogens (tertiary/aromatic N) is 2. The van der Waals surface area contributed by atoms with Gasteiger partial charge in [0.15, 0.2) is 18.1 Å². The summed E-state index contributed by atoms with van der Waals surface area (Å²) >= 11 is 0. The number of ether oxygens (including phenoxy) is 4. The van der Waals surface area contributed by atoms with Crippen molar-refractivity contribution < 1.29 is 33.3 Å². The van der Waals surface area contributed by atoms with Crippen molar-refractivity contribution in [3.63, 3.8) is 0 Å². The zero-order valence-electron chi connectivity index (χ0n) is 26.3. The van der Waals surface area contributed by atoms with Crippen LogP contribution >= 0.6 is 0 Å². The summed E-state index contributed by atoms with van der Waals surface area (Å²) in [7, 11) is 3.11. The van der Waals surface area contributed by atoms with E-state index in [2.05, 4.69) is 15.6 Å². The number of hydrogen-bond donors (Lipinski definition) is 2. The minimum absolute atomic E-state index is 0.103. The third-order valence-corrected chi connectivity index (χ3v) is 8.85. The van der Waals surface area contributed by atoms with E-state index in [0.29, 0.717) is 54.5 Å². The number of nitrogens with one attached hydrogen (secondary N) is 2. The van der Waals surface area contributed by atoms with Gasteiger partial charge in [-0.25, -0.2) is 0 Å². The molecule has 0 unspecified atom stereocenters. The lowest BCUT2D eigenvalue weighted by Crippen LogP contribution is -2.58. The van der Waals surface area contributed by atoms with Crippen LogP contribution in [0.25, 0.3) is 0 Å². The molecule has 0 spiro atoms. The third-order valence-electron chi connectivity index (χ3n) is 8.85. The summed E-state index contributed by atoms with van der Waals surface area (Å²) in [5, 5.41) is 6.03. The summed E-state index contributed by atoms with van der Waals surface area (Å²) in [4.78, 5) is 46.0. The molecule has 4 aliphatic rings. The van der Waals surface area contributed by atoms with Gasteiger partial charge in [0.2, 0.25) is 5.91 Å². The number of amides is 3. The minimum atomic E-state index is -0.514. The molecule has 46 heavy (non-hydrogen) atoms. The number of piperidine rings is 1. The minimum Gasteiger partial charge on any atom is -0.496 e. The second-order valence-electron chi connectivity index (χ2n) is 11.9. The van der Waals surface area contributed by atoms with Gasteiger partial charge in [-0.05, 0) is 73.6 Å². The Morgan fingerprint density at radius 1 is 0.935 bits per heavy atom. The molecule has 3 aliphatic heterocycles. The van der Waals surface area contributed by atoms with E-state index >= 15 is 0 Å². The molecule has 242 valence electrons. The molecular weight excluding hydrogens is 588 g/mol. The average Bonchev–Trinajstić information content (AvgIpc) is 3.09. The Morgan fingerprint density at radius 3 is 2.63 bits per heavy atom. The maximum absolute atomic E-state index is 13.7. The summed E-state index contributed by atoms with van der Waals surface area (Å²) < 4.78 is 23.4. The van der Waals surface area contributed by atoms with Crippen LogP contribution in [0.2, 0.25) is 0 Å². The van der Waals surface area contributed by atoms with Crippen molar-refractivity contribution in [1.82, 2.24) is 20.5 Å². The van der Waals surface area contributed by atoms with E-state index in [0.717, 1.165) is 48.1 Å². The highest BCUT2D eigenvalue weighted by Gasteiger charge is 2.35. The van der Waals surface area contributed by atoms with Crippen LogP contribution in [0, 0.1) is 0 Å². The number of aryl methyl sites for hydroxylation is 3. The van der Waals surface area contributed by atoms with Crippen LogP contribution < -0.4 is 29.6 Å². The summed E-state index contributed by atoms with van der Waals surface area (Å²) in [5.74, 6) is 1.45. The lowest BCUT2D eigenvalue weighted by atomic mass is 9.94. The fourth-order valence-corrected chi connectivity index (χ4v) is 6.32. The highest BCUT2D eigenvalue weighted by molar-refractivity contribution is 5.94. The van der Waals surface area contributed by atoms with Crippen molar-refractivity contribution in [2.75, 3.05) is 33.9 Å². The quantitative estimate of drug-likeness (QED) is 0.452. The van der Waals surface area contributed by atoms with Crippen molar-refractivity contribution in [2.45, 2.75) is 63.6 Å². The SMILES string of the molecule is COc1cc2ccc1CNC(=O)CCc1ccc(OC)c(c1)OCC(=O)N[C@@H]1CN(C(=O)c3cnc4c(c3)CCCC4)CC[C@@H]1O2. The molecular formula is C35H40N4O7. The first-order valence-corrected chi connectivity index (χ1v) is 15.9. The van der Waals surface area contributed by atoms with E-state index in [4.69, 9.17) is 18.9 Å². The molecule has 2 aromatic carbocycles. The zero-order valence-corrected chi connectivity index (χ0v) is 26.3. The Hall–Kier alpha value is -4.80. The van der Waals surface area contributed by atoms with Gasteiger partial charge in [0.25, 0.3) is 11.8 Å². The van der Waals surface area contributed by atoms with Crippen LogP contribution in [0.5, 0.6) is 23.0 Å². The van der Waals surface area contributed by atoms with E-state index in [1.807, 2.05) is 24.3 Å². The summed E-state index contributed by atoms with van der Waals surface area (Å²) in [6.07, 6.45) is 6.59. The van der Waals surface area contributed by atoms with Crippen LogP contribution in [0.3, 0.4) is 0 Å². The summed E-state index contributed by atoms with van der Waals surface area (Å²) in [5.41, 5.74) is 4.46. The number of likely N-dealkylation sites (tertiary alicyclic amines) is 1. The molecule has 7 rings (SSSR count). The van der Waals surface area contributed by atoms with Gasteiger partial charge in [-0.3, -0.25) is 19.4 Å². The van der Waals surface area contributed by atoms with Crippen LogP contribution in [0.15, 0.2) is 48.7 Å². The van der Waals surface area contributed by atoms with Crippen molar-refractivity contribution in [3.05, 3.63) is 76.6 Å². The van der Waals surface area contributed by atoms with Gasteiger partial charge in [0.1, 0.15) is 17.6 Å². The van der Waals surface area contributed by atoms with Crippen molar-refractivity contribution in [2.24, 2.45) is 0 Å². The fraction of sp³-hybridized carbons (Fsp3) is 0.429. The molecule has 3 aromatic rings. The Bertz CT molecular complexity index is 1610. The molecule has 2 N–H and O–H groups in total. The maximum Gasteiger partial charge on any atom is 0.258 e. The van der Waals surface area contributed by atoms with Crippen molar-refractivity contribution in [3.8, 4) is 23.0 Å². The van der Waals surface area contributed by atoms with Crippen LogP contribution in [0.1, 0.15) is 58.4 Å². The number of pyridine rings is 1. The fourth-order valence-electron chi connectivity index (χ4n) is 6.32. The van der Waals surface area contributed by atoms with Crippen LogP contribution in [-0.2, 0) is 35.4 Å². The highest BCUT2D eigenvalue weighted by atomic mass is 16.5. The monoisotopic (exact) mass is 628 g/mol. The zero-order chi connectivity index (χ0) is 32.0. The number of rotatable bonds is 3. The van der Waals surface area contributed by atoms with Crippen molar-refractivity contribution in [1.29, 1.82) is 0 Å². The van der Waals surface area contributed by atoms with Gasteiger partial charge < -0.3 is 34.5 Å². The Balaban J connectivity index is 1.26. The first kappa shape index (κ1) is 31.2. The Morgan fingerprint density at radius 2 is 1.78 bits per heavy atom. The van der Waals surface area contributed by atoms with Gasteiger partial charge in [-0.15, -0.1) is 0 Å². The van der Waals surface area contributed by atoms with E-state index in [-0.39, 0.29) is 37.3 Å². The lowest BCUT2D eigenvalue weighted by Gasteiger charge is -2.39. The summed E-state index contributed by atoms with van der Waals surface area (Å²) in [6, 6.07) is 12.4. The van der Waals surface area contributed by atoms with Gasteiger partial charge in [0.05, 0.1) is 25.8 Å². The number of aromatic nitrogens is 1. The molecule has 1 aliphatic carbocycles. The third kappa shape index (κ3) is 7.19. The number of fused-ring (bicyclic) bond motifs is 10. The molecule has 4 heterocycles. The molecule has 11 heteroatoms. The van der Waals surface area contributed by atoms with Gasteiger partial charge >= 0.3 is 0 Å². The summed E-state index contributed by atoms with van der Waals surface area (Å²) in [6.45, 7) is 0.742. The van der Waals surface area contributed by atoms with Crippen molar-refractivity contribution >= 4 is 17.7 Å². The Labute approximate surface area is 268 Å². The van der Waals surface area contributed by atoms with E-state index in [1.54, 1.807) is 36.4 Å². The maximum atomic E-state index is 13.7. The smallest absolute Gasteiger partial charge is 0.258 e. The molecule has 1 aromatic heterocycles. The highest BCUT2D eigenvalue weighted by Crippen LogP contribution is 2.30. The lowest BCUT2D eigenvalue weighted by molar-refractivity contribution is -0.125. The van der Waals surface area contributed by atoms with Gasteiger partial charge in [-0.2, -0.15) is 0 Å². The van der Waals surface area contributed by atoms with E-state index in [9.17, 15) is 14.4 Å². The molecule has 0 radical (unpaired) electrons. The normalized spacial score (nSPS) is 20.3. The first-order chi connectivity index (χ1) is 22.4. The largest absolute Gasteiger partial charge is 0.496 e. The first-order valence-electron chi connectivity index (χ1n) is 15.9. The molecule has 4 bridgehead atoms.